The van der Waals surface area contributed by atoms with Crippen LogP contribution in [-0.4, -0.2) is 35.0 Å². The fraction of sp³-hybridized carbons (Fsp3) is 0.158. The predicted molar refractivity (Wildman–Crippen MR) is 101 cm³/mol. The number of carbonyl (C=O) groups is 1. The first-order chi connectivity index (χ1) is 12.3. The molecule has 0 aliphatic heterocycles. The number of aromatic nitrogens is 2. The molecule has 0 bridgehead atoms. The number of fused-ring (bicyclic) bond motifs is 1. The van der Waals surface area contributed by atoms with Crippen molar-refractivity contribution in [3.8, 4) is 0 Å². The normalized spacial score (nSPS) is 11.4. The average Bonchev–Trinajstić information content (AvgIpc) is 2.92. The van der Waals surface area contributed by atoms with Gasteiger partial charge < -0.3 is 10.0 Å². The third kappa shape index (κ3) is 3.70. The first-order valence-corrected chi connectivity index (χ1v) is 8.26. The summed E-state index contributed by atoms with van der Waals surface area (Å²) in [6, 6.07) is 10.3. The van der Waals surface area contributed by atoms with Crippen LogP contribution in [0.3, 0.4) is 0 Å². The molecule has 0 saturated heterocycles. The van der Waals surface area contributed by atoms with E-state index < -0.39 is 11.8 Å². The molecule has 134 valence electrons. The SMILES string of the molecule is CN(C)c1ccc2c(C=CC(=O)O)nn(Cc3ccc(Cl)cc3F)c2c1. The lowest BCUT2D eigenvalue weighted by Gasteiger charge is -2.13. The summed E-state index contributed by atoms with van der Waals surface area (Å²) >= 11 is 5.81. The van der Waals surface area contributed by atoms with Crippen LogP contribution >= 0.6 is 11.6 Å². The summed E-state index contributed by atoms with van der Waals surface area (Å²) in [6.07, 6.45) is 2.48. The largest absolute Gasteiger partial charge is 0.478 e. The van der Waals surface area contributed by atoms with Crippen LogP contribution in [0.4, 0.5) is 10.1 Å². The summed E-state index contributed by atoms with van der Waals surface area (Å²) in [5, 5.41) is 14.5. The first kappa shape index (κ1) is 17.9. The smallest absolute Gasteiger partial charge is 0.328 e. The number of rotatable bonds is 5. The van der Waals surface area contributed by atoms with Gasteiger partial charge in [0.2, 0.25) is 0 Å². The Bertz CT molecular complexity index is 1010. The molecule has 0 radical (unpaired) electrons. The van der Waals surface area contributed by atoms with Crippen LogP contribution in [0.25, 0.3) is 17.0 Å². The Labute approximate surface area is 154 Å². The second-order valence-corrected chi connectivity index (χ2v) is 6.48. The van der Waals surface area contributed by atoms with Crippen molar-refractivity contribution < 1.29 is 14.3 Å². The van der Waals surface area contributed by atoms with Gasteiger partial charge in [0.25, 0.3) is 0 Å². The van der Waals surface area contributed by atoms with E-state index in [4.69, 9.17) is 16.7 Å². The van der Waals surface area contributed by atoms with Crippen molar-refractivity contribution >= 4 is 40.2 Å². The quantitative estimate of drug-likeness (QED) is 0.686. The lowest BCUT2D eigenvalue weighted by atomic mass is 10.1. The molecule has 0 spiro atoms. The highest BCUT2D eigenvalue weighted by molar-refractivity contribution is 6.30. The Morgan fingerprint density at radius 2 is 2.08 bits per heavy atom. The summed E-state index contributed by atoms with van der Waals surface area (Å²) in [5.41, 5.74) is 2.71. The molecule has 2 aromatic carbocycles. The molecule has 0 fully saturated rings. The number of nitrogens with zero attached hydrogens (tertiary/aromatic N) is 3. The molecule has 0 amide bonds. The molecule has 0 aliphatic carbocycles. The summed E-state index contributed by atoms with van der Waals surface area (Å²) < 4.78 is 15.8. The van der Waals surface area contributed by atoms with Crippen LogP contribution in [0.2, 0.25) is 5.02 Å². The summed E-state index contributed by atoms with van der Waals surface area (Å²) in [4.78, 5) is 12.8. The molecule has 5 nitrogen and oxygen atoms in total. The molecule has 7 heteroatoms. The van der Waals surface area contributed by atoms with E-state index >= 15 is 0 Å². The van der Waals surface area contributed by atoms with Crippen molar-refractivity contribution in [2.75, 3.05) is 19.0 Å². The predicted octanol–water partition coefficient (Wildman–Crippen LogP) is 4.04. The number of carboxylic acid groups (broad SMARTS) is 1. The zero-order valence-corrected chi connectivity index (χ0v) is 15.0. The van der Waals surface area contributed by atoms with Crippen molar-refractivity contribution in [1.29, 1.82) is 0 Å². The van der Waals surface area contributed by atoms with Crippen LogP contribution in [0, 0.1) is 5.82 Å². The third-order valence-corrected chi connectivity index (χ3v) is 4.23. The van der Waals surface area contributed by atoms with E-state index in [1.54, 1.807) is 16.8 Å². The Morgan fingerprint density at radius 3 is 2.73 bits per heavy atom. The Morgan fingerprint density at radius 1 is 1.31 bits per heavy atom. The molecular weight excluding hydrogens is 357 g/mol. The third-order valence-electron chi connectivity index (χ3n) is 4.00. The van der Waals surface area contributed by atoms with Gasteiger partial charge in [0.1, 0.15) is 5.82 Å². The molecule has 0 saturated carbocycles. The summed E-state index contributed by atoms with van der Waals surface area (Å²) in [6.45, 7) is 0.206. The highest BCUT2D eigenvalue weighted by atomic mass is 35.5. The van der Waals surface area contributed by atoms with E-state index in [9.17, 15) is 9.18 Å². The number of hydrogen-bond acceptors (Lipinski definition) is 3. The van der Waals surface area contributed by atoms with E-state index in [0.29, 0.717) is 16.3 Å². The molecule has 0 aliphatic rings. The molecule has 26 heavy (non-hydrogen) atoms. The maximum Gasteiger partial charge on any atom is 0.328 e. The van der Waals surface area contributed by atoms with Gasteiger partial charge in [-0.25, -0.2) is 9.18 Å². The van der Waals surface area contributed by atoms with Gasteiger partial charge in [0.05, 0.1) is 17.8 Å². The molecule has 1 N–H and O–H groups in total. The minimum Gasteiger partial charge on any atom is -0.478 e. The van der Waals surface area contributed by atoms with Crippen LogP contribution in [0.1, 0.15) is 11.3 Å². The molecule has 3 aromatic rings. The van der Waals surface area contributed by atoms with Gasteiger partial charge in [-0.05, 0) is 36.4 Å². The summed E-state index contributed by atoms with van der Waals surface area (Å²) in [7, 11) is 3.85. The second-order valence-electron chi connectivity index (χ2n) is 6.05. The number of hydrogen-bond donors (Lipinski definition) is 1. The van der Waals surface area contributed by atoms with E-state index in [1.165, 1.54) is 12.1 Å². The monoisotopic (exact) mass is 373 g/mol. The molecule has 0 unspecified atom stereocenters. The number of halogens is 2. The minimum atomic E-state index is -1.05. The number of carboxylic acids is 1. The Balaban J connectivity index is 2.12. The molecule has 3 rings (SSSR count). The van der Waals surface area contributed by atoms with Gasteiger partial charge in [0, 0.05) is 41.8 Å². The van der Waals surface area contributed by atoms with Crippen molar-refractivity contribution in [1.82, 2.24) is 9.78 Å². The van der Waals surface area contributed by atoms with Gasteiger partial charge >= 0.3 is 5.97 Å². The molecule has 1 aromatic heterocycles. The van der Waals surface area contributed by atoms with E-state index in [1.807, 2.05) is 37.2 Å². The lowest BCUT2D eigenvalue weighted by molar-refractivity contribution is -0.131. The second kappa shape index (κ2) is 7.17. The highest BCUT2D eigenvalue weighted by Gasteiger charge is 2.13. The minimum absolute atomic E-state index is 0.206. The zero-order chi connectivity index (χ0) is 18.8. The maximum atomic E-state index is 14.2. The highest BCUT2D eigenvalue weighted by Crippen LogP contribution is 2.26. The van der Waals surface area contributed by atoms with Gasteiger partial charge in [0.15, 0.2) is 0 Å². The first-order valence-electron chi connectivity index (χ1n) is 7.88. The Kier molecular flexibility index (Phi) is 4.95. The fourth-order valence-corrected chi connectivity index (χ4v) is 2.83. The average molecular weight is 374 g/mol. The molecule has 0 atom stereocenters. The number of aliphatic carboxylic acids is 1. The van der Waals surface area contributed by atoms with Crippen molar-refractivity contribution in [2.24, 2.45) is 0 Å². The van der Waals surface area contributed by atoms with Crippen LogP contribution in [0.15, 0.2) is 42.5 Å². The van der Waals surface area contributed by atoms with Crippen LogP contribution in [-0.2, 0) is 11.3 Å². The van der Waals surface area contributed by atoms with Gasteiger partial charge in [-0.15, -0.1) is 0 Å². The van der Waals surface area contributed by atoms with Gasteiger partial charge in [-0.3, -0.25) is 4.68 Å². The lowest BCUT2D eigenvalue weighted by Crippen LogP contribution is -2.09. The van der Waals surface area contributed by atoms with E-state index in [-0.39, 0.29) is 6.54 Å². The van der Waals surface area contributed by atoms with Gasteiger partial charge in [-0.2, -0.15) is 5.10 Å². The van der Waals surface area contributed by atoms with Crippen LogP contribution < -0.4 is 4.90 Å². The fourth-order valence-electron chi connectivity index (χ4n) is 2.67. The zero-order valence-electron chi connectivity index (χ0n) is 14.3. The summed E-state index contributed by atoms with van der Waals surface area (Å²) in [5.74, 6) is -1.46. The topological polar surface area (TPSA) is 58.4 Å². The van der Waals surface area contributed by atoms with Crippen molar-refractivity contribution in [2.45, 2.75) is 6.54 Å². The Hall–Kier alpha value is -2.86. The van der Waals surface area contributed by atoms with E-state index in [0.717, 1.165) is 22.7 Å². The van der Waals surface area contributed by atoms with E-state index in [2.05, 4.69) is 5.10 Å². The van der Waals surface area contributed by atoms with Crippen LogP contribution in [0.5, 0.6) is 0 Å². The number of anilines is 1. The van der Waals surface area contributed by atoms with Crippen molar-refractivity contribution in [3.05, 3.63) is 64.6 Å². The molecular formula is C19H17ClFN3O2. The van der Waals surface area contributed by atoms with Crippen molar-refractivity contribution in [3.63, 3.8) is 0 Å². The standard InChI is InChI=1S/C19H17ClFN3O2/c1-23(2)14-5-6-15-17(7-8-19(25)26)22-24(18(15)10-14)11-12-3-4-13(20)9-16(12)21/h3-10H,11H2,1-2H3,(H,25,26). The maximum absolute atomic E-state index is 14.2. The number of benzene rings is 2. The molecule has 1 heterocycles. The van der Waals surface area contributed by atoms with Gasteiger partial charge in [-0.1, -0.05) is 17.7 Å².